The maximum atomic E-state index is 12.5. The lowest BCUT2D eigenvalue weighted by Gasteiger charge is -2.15. The van der Waals surface area contributed by atoms with Gasteiger partial charge in [0, 0.05) is 31.9 Å². The molecule has 2 aromatic heterocycles. The van der Waals surface area contributed by atoms with E-state index in [1.54, 1.807) is 22.6 Å². The number of nitrogens with one attached hydrogen (secondary N) is 2. The Hall–Kier alpha value is -1.86. The van der Waals surface area contributed by atoms with Crippen molar-refractivity contribution in [3.05, 3.63) is 29.7 Å². The number of hydrogen-bond acceptors (Lipinski definition) is 4. The van der Waals surface area contributed by atoms with Crippen molar-refractivity contribution in [1.29, 1.82) is 0 Å². The number of carbonyl (C=O) groups is 1. The third-order valence-electron chi connectivity index (χ3n) is 3.50. The Morgan fingerprint density at radius 3 is 2.50 bits per heavy atom. The van der Waals surface area contributed by atoms with E-state index >= 15 is 0 Å². The van der Waals surface area contributed by atoms with Gasteiger partial charge < -0.3 is 10.6 Å². The first kappa shape index (κ1) is 20.2. The number of anilines is 1. The summed E-state index contributed by atoms with van der Waals surface area (Å²) in [6.07, 6.45) is 4.37. The maximum Gasteiger partial charge on any atom is 0.247 e. The molecule has 1 amide bonds. The standard InChI is InChI=1S/C16H26N6O.ClH/c1-16(2,3)8-12-7-13(22(6)20-12)19-15(23)14(17-4)11-9-18-21(5)10-11;/h7,9-10,14,17H,8H2,1-6H3,(H,19,23);1H. The van der Waals surface area contributed by atoms with Crippen molar-refractivity contribution in [2.75, 3.05) is 12.4 Å². The maximum absolute atomic E-state index is 12.5. The predicted molar refractivity (Wildman–Crippen MR) is 97.3 cm³/mol. The molecule has 0 spiro atoms. The number of hydrogen-bond donors (Lipinski definition) is 2. The Bertz CT molecular complexity index is 685. The predicted octanol–water partition coefficient (Wildman–Crippen LogP) is 2.06. The van der Waals surface area contributed by atoms with Gasteiger partial charge in [-0.1, -0.05) is 20.8 Å². The van der Waals surface area contributed by atoms with Gasteiger partial charge in [-0.15, -0.1) is 12.4 Å². The largest absolute Gasteiger partial charge is 0.309 e. The molecule has 0 aromatic carbocycles. The van der Waals surface area contributed by atoms with Gasteiger partial charge in [0.2, 0.25) is 5.91 Å². The quantitative estimate of drug-likeness (QED) is 0.861. The Morgan fingerprint density at radius 1 is 1.33 bits per heavy atom. The van der Waals surface area contributed by atoms with Crippen LogP contribution in [-0.4, -0.2) is 32.5 Å². The van der Waals surface area contributed by atoms with Crippen molar-refractivity contribution in [2.45, 2.75) is 33.2 Å². The average molecular weight is 355 g/mol. The summed E-state index contributed by atoms with van der Waals surface area (Å²) in [4.78, 5) is 12.5. The summed E-state index contributed by atoms with van der Waals surface area (Å²) in [6, 6.07) is 1.48. The second-order valence-electron chi connectivity index (χ2n) is 7.04. The van der Waals surface area contributed by atoms with Crippen LogP contribution in [0.3, 0.4) is 0 Å². The van der Waals surface area contributed by atoms with Gasteiger partial charge in [0.15, 0.2) is 0 Å². The normalized spacial score (nSPS) is 12.6. The topological polar surface area (TPSA) is 76.8 Å². The molecule has 134 valence electrons. The molecule has 2 N–H and O–H groups in total. The summed E-state index contributed by atoms with van der Waals surface area (Å²) < 4.78 is 3.38. The molecule has 0 aliphatic carbocycles. The molecule has 0 bridgehead atoms. The minimum atomic E-state index is -0.454. The first-order valence-corrected chi connectivity index (χ1v) is 7.69. The molecule has 0 radical (unpaired) electrons. The summed E-state index contributed by atoms with van der Waals surface area (Å²) in [6.45, 7) is 6.50. The van der Waals surface area contributed by atoms with E-state index in [0.29, 0.717) is 5.82 Å². The monoisotopic (exact) mass is 354 g/mol. The van der Waals surface area contributed by atoms with Crippen LogP contribution in [-0.2, 0) is 25.3 Å². The van der Waals surface area contributed by atoms with Gasteiger partial charge in [0.05, 0.1) is 11.9 Å². The fraction of sp³-hybridized carbons (Fsp3) is 0.562. The molecule has 2 aromatic rings. The minimum Gasteiger partial charge on any atom is -0.309 e. The van der Waals surface area contributed by atoms with Gasteiger partial charge in [-0.25, -0.2) is 0 Å². The number of halogens is 1. The second kappa shape index (κ2) is 7.81. The SMILES string of the molecule is CNC(C(=O)Nc1cc(CC(C)(C)C)nn1C)c1cnn(C)c1.Cl. The Balaban J connectivity index is 0.00000288. The van der Waals surface area contributed by atoms with Crippen LogP contribution in [0.15, 0.2) is 18.5 Å². The fourth-order valence-corrected chi connectivity index (χ4v) is 2.51. The number of likely N-dealkylation sites (N-methyl/N-ethyl adjacent to an activating group) is 1. The molecule has 8 heteroatoms. The number of aromatic nitrogens is 4. The van der Waals surface area contributed by atoms with Crippen LogP contribution < -0.4 is 10.6 Å². The number of nitrogens with zero attached hydrogens (tertiary/aromatic N) is 4. The van der Waals surface area contributed by atoms with E-state index in [4.69, 9.17) is 0 Å². The summed E-state index contributed by atoms with van der Waals surface area (Å²) in [5.41, 5.74) is 1.95. The van der Waals surface area contributed by atoms with Crippen LogP contribution in [0.2, 0.25) is 0 Å². The van der Waals surface area contributed by atoms with Crippen LogP contribution in [0.1, 0.15) is 38.1 Å². The molecule has 0 saturated carbocycles. The second-order valence-corrected chi connectivity index (χ2v) is 7.04. The first-order chi connectivity index (χ1) is 10.7. The van der Waals surface area contributed by atoms with Crippen LogP contribution >= 0.6 is 12.4 Å². The highest BCUT2D eigenvalue weighted by Crippen LogP contribution is 2.22. The third-order valence-corrected chi connectivity index (χ3v) is 3.50. The molecule has 1 atom stereocenters. The summed E-state index contributed by atoms with van der Waals surface area (Å²) in [5, 5.41) is 14.6. The zero-order valence-electron chi connectivity index (χ0n) is 15.1. The zero-order valence-corrected chi connectivity index (χ0v) is 15.9. The van der Waals surface area contributed by atoms with Gasteiger partial charge in [-0.05, 0) is 18.9 Å². The molecular formula is C16H27ClN6O. The van der Waals surface area contributed by atoms with Crippen molar-refractivity contribution in [3.8, 4) is 0 Å². The highest BCUT2D eigenvalue weighted by molar-refractivity contribution is 5.94. The highest BCUT2D eigenvalue weighted by atomic mass is 35.5. The Morgan fingerprint density at radius 2 is 2.00 bits per heavy atom. The van der Waals surface area contributed by atoms with Crippen LogP contribution in [0.4, 0.5) is 5.82 Å². The molecule has 7 nitrogen and oxygen atoms in total. The Kier molecular flexibility index (Phi) is 6.57. The average Bonchev–Trinajstić information content (AvgIpc) is 2.96. The van der Waals surface area contributed by atoms with Crippen LogP contribution in [0.25, 0.3) is 0 Å². The minimum absolute atomic E-state index is 0. The molecule has 1 unspecified atom stereocenters. The van der Waals surface area contributed by atoms with Gasteiger partial charge in [-0.2, -0.15) is 10.2 Å². The van der Waals surface area contributed by atoms with E-state index in [-0.39, 0.29) is 23.7 Å². The zero-order chi connectivity index (χ0) is 17.2. The lowest BCUT2D eigenvalue weighted by atomic mass is 9.91. The number of rotatable bonds is 5. The summed E-state index contributed by atoms with van der Waals surface area (Å²) >= 11 is 0. The van der Waals surface area contributed by atoms with Gasteiger partial charge in [0.25, 0.3) is 0 Å². The van der Waals surface area contributed by atoms with Crippen molar-refractivity contribution < 1.29 is 4.79 Å². The van der Waals surface area contributed by atoms with E-state index in [1.807, 2.05) is 26.4 Å². The lowest BCUT2D eigenvalue weighted by Crippen LogP contribution is -2.31. The van der Waals surface area contributed by atoms with Crippen molar-refractivity contribution in [2.24, 2.45) is 19.5 Å². The van der Waals surface area contributed by atoms with Gasteiger partial charge in [-0.3, -0.25) is 14.2 Å². The third kappa shape index (κ3) is 5.07. The van der Waals surface area contributed by atoms with E-state index in [2.05, 4.69) is 41.6 Å². The molecule has 0 aliphatic rings. The lowest BCUT2D eigenvalue weighted by molar-refractivity contribution is -0.118. The van der Waals surface area contributed by atoms with E-state index in [0.717, 1.165) is 17.7 Å². The molecule has 0 fully saturated rings. The fourth-order valence-electron chi connectivity index (χ4n) is 2.51. The number of aryl methyl sites for hydroxylation is 2. The Labute approximate surface area is 149 Å². The van der Waals surface area contributed by atoms with E-state index < -0.39 is 6.04 Å². The summed E-state index contributed by atoms with van der Waals surface area (Å²) in [5.74, 6) is 0.559. The molecule has 24 heavy (non-hydrogen) atoms. The van der Waals surface area contributed by atoms with E-state index in [1.165, 1.54) is 0 Å². The molecule has 2 rings (SSSR count). The van der Waals surface area contributed by atoms with Crippen molar-refractivity contribution in [1.82, 2.24) is 24.9 Å². The van der Waals surface area contributed by atoms with Crippen molar-refractivity contribution >= 4 is 24.1 Å². The van der Waals surface area contributed by atoms with Gasteiger partial charge >= 0.3 is 0 Å². The molecule has 0 saturated heterocycles. The smallest absolute Gasteiger partial charge is 0.247 e. The molecular weight excluding hydrogens is 328 g/mol. The number of amides is 1. The summed E-state index contributed by atoms with van der Waals surface area (Å²) in [7, 11) is 5.42. The van der Waals surface area contributed by atoms with Crippen molar-refractivity contribution in [3.63, 3.8) is 0 Å². The molecule has 2 heterocycles. The molecule has 0 aliphatic heterocycles. The van der Waals surface area contributed by atoms with Crippen LogP contribution in [0.5, 0.6) is 0 Å². The first-order valence-electron chi connectivity index (χ1n) is 7.69. The van der Waals surface area contributed by atoms with E-state index in [9.17, 15) is 4.79 Å². The highest BCUT2D eigenvalue weighted by Gasteiger charge is 2.22. The number of carbonyl (C=O) groups excluding carboxylic acids is 1. The van der Waals surface area contributed by atoms with Gasteiger partial charge in [0.1, 0.15) is 11.9 Å². The van der Waals surface area contributed by atoms with Crippen LogP contribution in [0, 0.1) is 5.41 Å².